The maximum absolute atomic E-state index is 13.4. The fourth-order valence-electron chi connectivity index (χ4n) is 3.24. The van der Waals surface area contributed by atoms with Crippen LogP contribution < -0.4 is 10.5 Å². The number of aromatic nitrogens is 1. The van der Waals surface area contributed by atoms with Gasteiger partial charge in [0.25, 0.3) is 0 Å². The summed E-state index contributed by atoms with van der Waals surface area (Å²) in [7, 11) is 1.43. The third-order valence-electron chi connectivity index (χ3n) is 4.60. The van der Waals surface area contributed by atoms with Gasteiger partial charge in [-0.15, -0.1) is 0 Å². The van der Waals surface area contributed by atoms with E-state index in [0.29, 0.717) is 22.6 Å². The van der Waals surface area contributed by atoms with Crippen LogP contribution in [0.5, 0.6) is 5.75 Å². The normalized spacial score (nSPS) is 16.1. The van der Waals surface area contributed by atoms with E-state index in [0.717, 1.165) is 6.08 Å². The number of anilines is 1. The number of benzene rings is 1. The van der Waals surface area contributed by atoms with Crippen molar-refractivity contribution in [3.8, 4) is 11.4 Å². The summed E-state index contributed by atoms with van der Waals surface area (Å²) in [5.41, 5.74) is 7.56. The molecule has 1 aromatic heterocycles. The summed E-state index contributed by atoms with van der Waals surface area (Å²) >= 11 is 1.78. The first kappa shape index (κ1) is 22.5. The number of hydrogen-bond donors (Lipinski definition) is 1. The van der Waals surface area contributed by atoms with Gasteiger partial charge in [0, 0.05) is 40.1 Å². The highest BCUT2D eigenvalue weighted by atomic mass is 127. The van der Waals surface area contributed by atoms with Crippen molar-refractivity contribution in [2.45, 2.75) is 23.4 Å². The number of esters is 1. The van der Waals surface area contributed by atoms with E-state index in [1.165, 1.54) is 13.2 Å². The van der Waals surface area contributed by atoms with Crippen molar-refractivity contribution < 1.29 is 32.2 Å². The number of nitrogens with zero attached hydrogens (tertiary/aromatic N) is 1. The fourth-order valence-corrected chi connectivity index (χ4v) is 4.21. The summed E-state index contributed by atoms with van der Waals surface area (Å²) in [4.78, 5) is 12.2. The van der Waals surface area contributed by atoms with Gasteiger partial charge in [-0.05, 0) is 31.6 Å². The van der Waals surface area contributed by atoms with Crippen molar-refractivity contribution in [3.63, 3.8) is 0 Å². The third-order valence-corrected chi connectivity index (χ3v) is 5.71. The molecule has 0 aliphatic heterocycles. The number of halogens is 4. The van der Waals surface area contributed by atoms with Crippen LogP contribution in [0.1, 0.15) is 28.5 Å². The van der Waals surface area contributed by atoms with Gasteiger partial charge in [-0.1, -0.05) is 22.6 Å². The van der Waals surface area contributed by atoms with Crippen molar-refractivity contribution in [2.75, 3.05) is 26.2 Å². The molecule has 10 heteroatoms. The number of carbonyl (C=O) groups is 1. The number of hydrogen-bond acceptors (Lipinski definition) is 5. The van der Waals surface area contributed by atoms with Crippen molar-refractivity contribution in [1.29, 1.82) is 0 Å². The first-order valence-corrected chi connectivity index (χ1v) is 10.3. The third kappa shape index (κ3) is 4.43. The monoisotopic (exact) mass is 536 g/mol. The molecular weight excluding hydrogens is 516 g/mol. The molecular formula is C20H20F3IN2O4. The molecule has 2 aromatic rings. The standard InChI is InChI=1S/C20H20F3IN2O4/c1-3-29-19(27)12-5-4-11(6-18(12)30-10-28-2)26-9-16(25)13-7-15(24)14(8-17(13)26)20(21,22)23/h4-6,8-9,15H,3,7,10,25H2,1-2H3. The van der Waals surface area contributed by atoms with Crippen LogP contribution in [0.3, 0.4) is 0 Å². The van der Waals surface area contributed by atoms with Gasteiger partial charge in [-0.25, -0.2) is 4.79 Å². The molecule has 0 radical (unpaired) electrons. The molecule has 162 valence electrons. The SMILES string of the molecule is CCOC(=O)c1ccc(-n2cc(N)c3c2C=C(C(F)(F)F)C(I)C3)cc1OCOC. The summed E-state index contributed by atoms with van der Waals surface area (Å²) in [5, 5.41) is 0. The molecule has 0 spiro atoms. The highest BCUT2D eigenvalue weighted by Crippen LogP contribution is 2.42. The van der Waals surface area contributed by atoms with E-state index in [9.17, 15) is 18.0 Å². The Balaban J connectivity index is 2.11. The number of alkyl halides is 4. The van der Waals surface area contributed by atoms with Gasteiger partial charge in [0.15, 0.2) is 6.79 Å². The van der Waals surface area contributed by atoms with Crippen LogP contribution in [0.4, 0.5) is 18.9 Å². The van der Waals surface area contributed by atoms with Gasteiger partial charge in [-0.3, -0.25) is 0 Å². The van der Waals surface area contributed by atoms with Crippen LogP contribution in [0.25, 0.3) is 11.8 Å². The number of carbonyl (C=O) groups excluding carboxylic acids is 1. The topological polar surface area (TPSA) is 75.7 Å². The van der Waals surface area contributed by atoms with E-state index in [4.69, 9.17) is 19.9 Å². The number of nitrogens with two attached hydrogens (primary N) is 1. The Morgan fingerprint density at radius 3 is 2.73 bits per heavy atom. The fraction of sp³-hybridized carbons (Fsp3) is 0.350. The molecule has 1 aliphatic rings. The Morgan fingerprint density at radius 2 is 2.10 bits per heavy atom. The number of methoxy groups -OCH3 is 1. The molecule has 1 unspecified atom stereocenters. The summed E-state index contributed by atoms with van der Waals surface area (Å²) in [6.45, 7) is 1.76. The molecule has 2 N–H and O–H groups in total. The Bertz CT molecular complexity index is 985. The second kappa shape index (κ2) is 8.88. The number of nitrogen functional groups attached to an aromatic ring is 1. The molecule has 0 amide bonds. The second-order valence-electron chi connectivity index (χ2n) is 6.54. The summed E-state index contributed by atoms with van der Waals surface area (Å²) in [5.74, 6) is -0.382. The summed E-state index contributed by atoms with van der Waals surface area (Å²) in [6, 6.07) is 4.64. The number of allylic oxidation sites excluding steroid dienone is 1. The van der Waals surface area contributed by atoms with E-state index < -0.39 is 21.6 Å². The lowest BCUT2D eigenvalue weighted by Crippen LogP contribution is -2.25. The average molecular weight is 536 g/mol. The molecule has 30 heavy (non-hydrogen) atoms. The first-order chi connectivity index (χ1) is 14.2. The second-order valence-corrected chi connectivity index (χ2v) is 8.04. The minimum Gasteiger partial charge on any atom is -0.467 e. The minimum atomic E-state index is -4.44. The molecule has 3 rings (SSSR count). The number of fused-ring (bicyclic) bond motifs is 1. The van der Waals surface area contributed by atoms with Crippen molar-refractivity contribution in [2.24, 2.45) is 0 Å². The highest BCUT2D eigenvalue weighted by Gasteiger charge is 2.40. The molecule has 0 saturated carbocycles. The van der Waals surface area contributed by atoms with Crippen molar-refractivity contribution in [3.05, 3.63) is 46.8 Å². The number of rotatable bonds is 6. The van der Waals surface area contributed by atoms with Crippen LogP contribution in [-0.2, 0) is 15.9 Å². The van der Waals surface area contributed by atoms with Crippen LogP contribution in [0.15, 0.2) is 30.0 Å². The molecule has 1 aliphatic carbocycles. The van der Waals surface area contributed by atoms with Crippen LogP contribution in [0.2, 0.25) is 0 Å². The molecule has 1 aromatic carbocycles. The summed E-state index contributed by atoms with van der Waals surface area (Å²) < 4.78 is 56.6. The highest BCUT2D eigenvalue weighted by molar-refractivity contribution is 14.1. The predicted molar refractivity (Wildman–Crippen MR) is 114 cm³/mol. The Labute approximate surface area is 184 Å². The van der Waals surface area contributed by atoms with Gasteiger partial charge in [0.2, 0.25) is 0 Å². The Hall–Kier alpha value is -2.21. The van der Waals surface area contributed by atoms with E-state index in [-0.39, 0.29) is 31.1 Å². The minimum absolute atomic E-state index is 0.115. The molecule has 0 bridgehead atoms. The van der Waals surface area contributed by atoms with E-state index in [1.54, 1.807) is 52.4 Å². The van der Waals surface area contributed by atoms with Gasteiger partial charge in [0.05, 0.1) is 18.0 Å². The molecule has 0 saturated heterocycles. The average Bonchev–Trinajstić information content (AvgIpc) is 3.00. The zero-order valence-corrected chi connectivity index (χ0v) is 18.4. The first-order valence-electron chi connectivity index (χ1n) is 9.03. The van der Waals surface area contributed by atoms with Crippen molar-refractivity contribution >= 4 is 40.3 Å². The smallest absolute Gasteiger partial charge is 0.413 e. The number of ether oxygens (including phenoxy) is 3. The van der Waals surface area contributed by atoms with Crippen LogP contribution in [-0.4, -0.2) is 41.1 Å². The Morgan fingerprint density at radius 1 is 1.37 bits per heavy atom. The lowest BCUT2D eigenvalue weighted by atomic mass is 9.96. The zero-order valence-electron chi connectivity index (χ0n) is 16.3. The van der Waals surface area contributed by atoms with E-state index >= 15 is 0 Å². The van der Waals surface area contributed by atoms with Gasteiger partial charge < -0.3 is 24.5 Å². The lowest BCUT2D eigenvalue weighted by Gasteiger charge is -2.23. The predicted octanol–water partition coefficient (Wildman–Crippen LogP) is 4.52. The van der Waals surface area contributed by atoms with E-state index in [2.05, 4.69) is 0 Å². The maximum atomic E-state index is 13.4. The van der Waals surface area contributed by atoms with Crippen LogP contribution >= 0.6 is 22.6 Å². The molecule has 1 atom stereocenters. The molecule has 0 fully saturated rings. The summed E-state index contributed by atoms with van der Waals surface area (Å²) in [6.07, 6.45) is -1.56. The molecule has 1 heterocycles. The Kier molecular flexibility index (Phi) is 6.65. The van der Waals surface area contributed by atoms with Gasteiger partial charge >= 0.3 is 12.1 Å². The maximum Gasteiger partial charge on any atom is 0.413 e. The van der Waals surface area contributed by atoms with Crippen LogP contribution in [0, 0.1) is 0 Å². The largest absolute Gasteiger partial charge is 0.467 e. The van der Waals surface area contributed by atoms with Crippen molar-refractivity contribution in [1.82, 2.24) is 4.57 Å². The van der Waals surface area contributed by atoms with E-state index in [1.807, 2.05) is 0 Å². The quantitative estimate of drug-likeness (QED) is 0.254. The zero-order chi connectivity index (χ0) is 22.1. The molecule has 6 nitrogen and oxygen atoms in total. The van der Waals surface area contributed by atoms with Gasteiger partial charge in [-0.2, -0.15) is 13.2 Å². The van der Waals surface area contributed by atoms with Gasteiger partial charge in [0.1, 0.15) is 11.3 Å². The lowest BCUT2D eigenvalue weighted by molar-refractivity contribution is -0.0920.